The zero-order valence-electron chi connectivity index (χ0n) is 10.2. The number of alkyl halides is 3. The predicted molar refractivity (Wildman–Crippen MR) is 61.6 cm³/mol. The number of rotatable bonds is 5. The summed E-state index contributed by atoms with van der Waals surface area (Å²) in [5.74, 6) is 0. The molecule has 1 heterocycles. The van der Waals surface area contributed by atoms with E-state index in [0.717, 1.165) is 0 Å². The molecule has 19 heavy (non-hydrogen) atoms. The molecule has 1 aromatic rings. The molecular formula is C11H15F3N2O3. The highest BCUT2D eigenvalue weighted by molar-refractivity contribution is 5.23. The van der Waals surface area contributed by atoms with E-state index in [1.54, 1.807) is 7.05 Å². The first-order valence-corrected chi connectivity index (χ1v) is 5.58. The molecule has 108 valence electrons. The Balaban J connectivity index is 3.02. The number of hydrogen-bond donors (Lipinski definition) is 4. The first-order chi connectivity index (χ1) is 8.77. The molecule has 0 aliphatic rings. The number of halogens is 3. The molecule has 0 aliphatic heterocycles. The minimum Gasteiger partial charge on any atom is -0.390 e. The van der Waals surface area contributed by atoms with E-state index in [0.29, 0.717) is 18.8 Å². The van der Waals surface area contributed by atoms with E-state index >= 15 is 0 Å². The van der Waals surface area contributed by atoms with Crippen molar-refractivity contribution in [1.82, 2.24) is 10.3 Å². The molecule has 0 aromatic carbocycles. The van der Waals surface area contributed by atoms with Gasteiger partial charge in [-0.3, -0.25) is 4.79 Å². The van der Waals surface area contributed by atoms with Crippen LogP contribution in [0, 0.1) is 0 Å². The highest BCUT2D eigenvalue weighted by atomic mass is 19.4. The van der Waals surface area contributed by atoms with Crippen molar-refractivity contribution in [3.8, 4) is 0 Å². The molecule has 1 rings (SSSR count). The van der Waals surface area contributed by atoms with Gasteiger partial charge in [-0.25, -0.2) is 0 Å². The molecule has 0 fully saturated rings. The molecule has 0 amide bonds. The fourth-order valence-corrected chi connectivity index (χ4v) is 1.54. The maximum atomic E-state index is 12.5. The van der Waals surface area contributed by atoms with Crippen molar-refractivity contribution >= 4 is 0 Å². The number of aliphatic hydroxyl groups excluding tert-OH is 2. The molecule has 0 saturated carbocycles. The number of aromatic amines is 1. The zero-order valence-corrected chi connectivity index (χ0v) is 10.2. The molecule has 0 radical (unpaired) electrons. The van der Waals surface area contributed by atoms with Crippen LogP contribution in [-0.4, -0.2) is 34.9 Å². The number of hydrogen-bond acceptors (Lipinski definition) is 4. The molecular weight excluding hydrogens is 265 g/mol. The van der Waals surface area contributed by atoms with E-state index in [4.69, 9.17) is 0 Å². The van der Waals surface area contributed by atoms with Crippen LogP contribution in [0.1, 0.15) is 23.7 Å². The lowest BCUT2D eigenvalue weighted by atomic mass is 10.0. The summed E-state index contributed by atoms with van der Waals surface area (Å²) in [4.78, 5) is 13.3. The Labute approximate surface area is 107 Å². The second-order valence-electron chi connectivity index (χ2n) is 4.07. The van der Waals surface area contributed by atoms with E-state index in [1.807, 2.05) is 4.98 Å². The third kappa shape index (κ3) is 4.05. The van der Waals surface area contributed by atoms with Gasteiger partial charge in [-0.05, 0) is 26.1 Å². The van der Waals surface area contributed by atoms with Crippen LogP contribution in [0.5, 0.6) is 0 Å². The molecule has 1 aromatic heterocycles. The van der Waals surface area contributed by atoms with Crippen molar-refractivity contribution in [2.75, 3.05) is 13.6 Å². The van der Waals surface area contributed by atoms with Gasteiger partial charge in [-0.2, -0.15) is 13.2 Å². The second-order valence-corrected chi connectivity index (χ2v) is 4.07. The average Bonchev–Trinajstić information content (AvgIpc) is 2.34. The largest absolute Gasteiger partial charge is 0.417 e. The number of nitrogens with one attached hydrogen (secondary N) is 2. The lowest BCUT2D eigenvalue weighted by Gasteiger charge is -2.18. The van der Waals surface area contributed by atoms with Crippen LogP contribution in [0.15, 0.2) is 17.1 Å². The predicted octanol–water partition coefficient (Wildman–Crippen LogP) is 0.398. The quantitative estimate of drug-likeness (QED) is 0.629. The Hall–Kier alpha value is -1.38. The van der Waals surface area contributed by atoms with E-state index in [1.165, 1.54) is 0 Å². The maximum Gasteiger partial charge on any atom is 0.417 e. The summed E-state index contributed by atoms with van der Waals surface area (Å²) in [5.41, 5.74) is -2.44. The van der Waals surface area contributed by atoms with Gasteiger partial charge in [0.1, 0.15) is 6.10 Å². The highest BCUT2D eigenvalue weighted by Gasteiger charge is 2.32. The number of H-pyrrole nitrogens is 1. The molecule has 0 aliphatic carbocycles. The minimum absolute atomic E-state index is 0.105. The summed E-state index contributed by atoms with van der Waals surface area (Å²) in [6.45, 7) is 0.356. The van der Waals surface area contributed by atoms with Gasteiger partial charge in [0.15, 0.2) is 0 Å². The zero-order chi connectivity index (χ0) is 14.6. The molecule has 5 nitrogen and oxygen atoms in total. The van der Waals surface area contributed by atoms with Gasteiger partial charge in [0, 0.05) is 11.8 Å². The molecule has 0 spiro atoms. The maximum absolute atomic E-state index is 12.5. The fourth-order valence-electron chi connectivity index (χ4n) is 1.54. The van der Waals surface area contributed by atoms with Gasteiger partial charge < -0.3 is 20.5 Å². The lowest BCUT2D eigenvalue weighted by molar-refractivity contribution is -0.138. The smallest absolute Gasteiger partial charge is 0.390 e. The van der Waals surface area contributed by atoms with Crippen molar-refractivity contribution in [3.63, 3.8) is 0 Å². The van der Waals surface area contributed by atoms with Crippen molar-refractivity contribution in [2.45, 2.75) is 24.8 Å². The minimum atomic E-state index is -4.63. The van der Waals surface area contributed by atoms with Crippen LogP contribution in [0.3, 0.4) is 0 Å². The molecule has 0 bridgehead atoms. The number of aromatic nitrogens is 1. The highest BCUT2D eigenvalue weighted by Crippen LogP contribution is 2.29. The van der Waals surface area contributed by atoms with Gasteiger partial charge in [-0.15, -0.1) is 0 Å². The van der Waals surface area contributed by atoms with Crippen LogP contribution in [0.2, 0.25) is 0 Å². The molecule has 4 N–H and O–H groups in total. The van der Waals surface area contributed by atoms with Crippen LogP contribution >= 0.6 is 0 Å². The summed E-state index contributed by atoms with van der Waals surface area (Å²) >= 11 is 0. The molecule has 2 atom stereocenters. The van der Waals surface area contributed by atoms with E-state index in [-0.39, 0.29) is 6.42 Å². The molecule has 2 unspecified atom stereocenters. The fraction of sp³-hybridized carbons (Fsp3) is 0.545. The third-order valence-electron chi connectivity index (χ3n) is 2.63. The van der Waals surface area contributed by atoms with Crippen molar-refractivity contribution in [1.29, 1.82) is 0 Å². The standard InChI is InChI=1S/C11H15F3N2O3/c1-15-3-2-8(17)9(18)7-4-6(11(12,13)14)5-16-10(7)19/h4-5,8-9,15,17-18H,2-3H2,1H3,(H,16,19). The lowest BCUT2D eigenvalue weighted by Crippen LogP contribution is -2.28. The third-order valence-corrected chi connectivity index (χ3v) is 2.63. The first-order valence-electron chi connectivity index (χ1n) is 5.58. The Morgan fingerprint density at radius 2 is 2.05 bits per heavy atom. The Morgan fingerprint density at radius 3 is 2.58 bits per heavy atom. The number of pyridine rings is 1. The Bertz CT molecular complexity index is 473. The van der Waals surface area contributed by atoms with Crippen LogP contribution < -0.4 is 10.9 Å². The van der Waals surface area contributed by atoms with Crippen LogP contribution in [0.25, 0.3) is 0 Å². The van der Waals surface area contributed by atoms with E-state index < -0.39 is 35.1 Å². The van der Waals surface area contributed by atoms with Crippen LogP contribution in [0.4, 0.5) is 13.2 Å². The van der Waals surface area contributed by atoms with Crippen LogP contribution in [-0.2, 0) is 6.18 Å². The van der Waals surface area contributed by atoms with E-state index in [2.05, 4.69) is 5.32 Å². The molecule has 0 saturated heterocycles. The van der Waals surface area contributed by atoms with Gasteiger partial charge in [0.25, 0.3) is 5.56 Å². The summed E-state index contributed by atoms with van der Waals surface area (Å²) in [6.07, 6.45) is -6.99. The summed E-state index contributed by atoms with van der Waals surface area (Å²) in [7, 11) is 1.62. The number of aliphatic hydroxyl groups is 2. The summed E-state index contributed by atoms with van der Waals surface area (Å²) < 4.78 is 37.5. The van der Waals surface area contributed by atoms with Crippen molar-refractivity contribution in [3.05, 3.63) is 33.7 Å². The summed E-state index contributed by atoms with van der Waals surface area (Å²) in [5, 5.41) is 22.0. The van der Waals surface area contributed by atoms with Crippen molar-refractivity contribution in [2.24, 2.45) is 0 Å². The Morgan fingerprint density at radius 1 is 1.42 bits per heavy atom. The average molecular weight is 280 g/mol. The molecule has 8 heteroatoms. The Kier molecular flexibility index (Phi) is 5.10. The van der Waals surface area contributed by atoms with Gasteiger partial charge in [0.2, 0.25) is 0 Å². The van der Waals surface area contributed by atoms with Gasteiger partial charge in [-0.1, -0.05) is 0 Å². The summed E-state index contributed by atoms with van der Waals surface area (Å²) in [6, 6.07) is 0.548. The first kappa shape index (κ1) is 15.7. The normalized spacial score (nSPS) is 15.3. The second kappa shape index (κ2) is 6.18. The van der Waals surface area contributed by atoms with Gasteiger partial charge >= 0.3 is 6.18 Å². The SMILES string of the molecule is CNCCC(O)C(O)c1cc(C(F)(F)F)c[nH]c1=O. The monoisotopic (exact) mass is 280 g/mol. The van der Waals surface area contributed by atoms with Crippen molar-refractivity contribution < 1.29 is 23.4 Å². The van der Waals surface area contributed by atoms with Gasteiger partial charge in [0.05, 0.1) is 11.7 Å². The van der Waals surface area contributed by atoms with E-state index in [9.17, 15) is 28.2 Å². The topological polar surface area (TPSA) is 85.3 Å².